The van der Waals surface area contributed by atoms with E-state index in [9.17, 15) is 14.4 Å². The lowest BCUT2D eigenvalue weighted by atomic mass is 10.2. The van der Waals surface area contributed by atoms with E-state index in [0.29, 0.717) is 30.0 Å². The van der Waals surface area contributed by atoms with Crippen LogP contribution in [0.5, 0.6) is 0 Å². The Morgan fingerprint density at radius 1 is 1.23 bits per heavy atom. The predicted molar refractivity (Wildman–Crippen MR) is 86.4 cm³/mol. The lowest BCUT2D eigenvalue weighted by molar-refractivity contribution is -0.137. The second kappa shape index (κ2) is 9.19. The second-order valence-corrected chi connectivity index (χ2v) is 6.22. The van der Waals surface area contributed by atoms with Gasteiger partial charge in [0, 0.05) is 24.3 Å². The number of carbonyl (C=O) groups is 3. The molecule has 0 bridgehead atoms. The van der Waals surface area contributed by atoms with Gasteiger partial charge in [0.05, 0.1) is 5.56 Å². The van der Waals surface area contributed by atoms with E-state index in [1.807, 2.05) is 6.92 Å². The molecular formula is C15H22N2O4S. The molecule has 0 aliphatic carbocycles. The Bertz CT molecular complexity index is 540. The van der Waals surface area contributed by atoms with Crippen molar-refractivity contribution in [2.45, 2.75) is 46.0 Å². The standard InChI is InChI=1S/C15H22N2O4S/c1-3-12(18)17-15-11(9-10(2)22-15)14(21)16-8-6-4-5-7-13(19)20/h9H,3-8H2,1-2H3,(H,16,21)(H,17,18)(H,19,20). The Labute approximate surface area is 133 Å². The van der Waals surface area contributed by atoms with Gasteiger partial charge in [0.2, 0.25) is 5.91 Å². The van der Waals surface area contributed by atoms with E-state index >= 15 is 0 Å². The summed E-state index contributed by atoms with van der Waals surface area (Å²) in [6.45, 7) is 4.14. The first-order valence-corrected chi connectivity index (χ1v) is 8.16. The van der Waals surface area contributed by atoms with Crippen molar-refractivity contribution in [2.24, 2.45) is 0 Å². The third-order valence-corrected chi connectivity index (χ3v) is 3.99. The summed E-state index contributed by atoms with van der Waals surface area (Å²) in [6.07, 6.45) is 2.63. The quantitative estimate of drug-likeness (QED) is 0.608. The molecule has 7 heteroatoms. The average molecular weight is 326 g/mol. The number of rotatable bonds is 9. The SMILES string of the molecule is CCC(=O)Nc1sc(C)cc1C(=O)NCCCCCC(=O)O. The Morgan fingerprint density at radius 3 is 2.59 bits per heavy atom. The van der Waals surface area contributed by atoms with Crippen LogP contribution in [0.3, 0.4) is 0 Å². The van der Waals surface area contributed by atoms with Gasteiger partial charge in [0.15, 0.2) is 0 Å². The van der Waals surface area contributed by atoms with Crippen LogP contribution in [0.4, 0.5) is 5.00 Å². The molecule has 0 atom stereocenters. The molecule has 2 amide bonds. The summed E-state index contributed by atoms with van der Waals surface area (Å²) >= 11 is 1.38. The van der Waals surface area contributed by atoms with Crippen LogP contribution in [0.25, 0.3) is 0 Å². The smallest absolute Gasteiger partial charge is 0.303 e. The summed E-state index contributed by atoms with van der Waals surface area (Å²) in [5.41, 5.74) is 0.481. The second-order valence-electron chi connectivity index (χ2n) is 4.96. The van der Waals surface area contributed by atoms with Crippen molar-refractivity contribution in [2.75, 3.05) is 11.9 Å². The number of aryl methyl sites for hydroxylation is 1. The lowest BCUT2D eigenvalue weighted by Gasteiger charge is -2.07. The number of aliphatic carboxylic acids is 1. The summed E-state index contributed by atoms with van der Waals surface area (Å²) in [4.78, 5) is 34.9. The number of anilines is 1. The molecule has 0 aliphatic rings. The maximum absolute atomic E-state index is 12.1. The van der Waals surface area contributed by atoms with Gasteiger partial charge in [-0.25, -0.2) is 0 Å². The highest BCUT2D eigenvalue weighted by Crippen LogP contribution is 2.27. The molecule has 3 N–H and O–H groups in total. The highest BCUT2D eigenvalue weighted by molar-refractivity contribution is 7.16. The van der Waals surface area contributed by atoms with Gasteiger partial charge in [-0.1, -0.05) is 13.3 Å². The summed E-state index contributed by atoms with van der Waals surface area (Å²) in [5.74, 6) is -1.13. The number of unbranched alkanes of at least 4 members (excludes halogenated alkanes) is 2. The van der Waals surface area contributed by atoms with E-state index in [0.717, 1.165) is 17.7 Å². The van der Waals surface area contributed by atoms with Gasteiger partial charge in [-0.2, -0.15) is 0 Å². The minimum atomic E-state index is -0.797. The first-order chi connectivity index (χ1) is 10.4. The molecule has 0 fully saturated rings. The number of hydrogen-bond donors (Lipinski definition) is 3. The highest BCUT2D eigenvalue weighted by Gasteiger charge is 2.15. The molecule has 0 aromatic carbocycles. The van der Waals surface area contributed by atoms with Crippen LogP contribution in [0, 0.1) is 6.92 Å². The van der Waals surface area contributed by atoms with E-state index in [2.05, 4.69) is 10.6 Å². The van der Waals surface area contributed by atoms with Crippen molar-refractivity contribution in [1.29, 1.82) is 0 Å². The number of amides is 2. The predicted octanol–water partition coefficient (Wildman–Crippen LogP) is 2.78. The maximum Gasteiger partial charge on any atom is 0.303 e. The number of thiophene rings is 1. The van der Waals surface area contributed by atoms with E-state index in [1.54, 1.807) is 13.0 Å². The molecule has 0 radical (unpaired) electrons. The zero-order chi connectivity index (χ0) is 16.5. The highest BCUT2D eigenvalue weighted by atomic mass is 32.1. The Hall–Kier alpha value is -1.89. The number of carbonyl (C=O) groups excluding carboxylic acids is 2. The van der Waals surface area contributed by atoms with Gasteiger partial charge in [-0.15, -0.1) is 11.3 Å². The van der Waals surface area contributed by atoms with Crippen molar-refractivity contribution in [1.82, 2.24) is 5.32 Å². The third-order valence-electron chi connectivity index (χ3n) is 3.03. The number of nitrogens with one attached hydrogen (secondary N) is 2. The summed E-state index contributed by atoms with van der Waals surface area (Å²) in [5, 5.41) is 14.6. The Balaban J connectivity index is 2.45. The molecule has 1 aromatic heterocycles. The fourth-order valence-corrected chi connectivity index (χ4v) is 2.79. The van der Waals surface area contributed by atoms with E-state index in [1.165, 1.54) is 11.3 Å². The zero-order valence-corrected chi connectivity index (χ0v) is 13.7. The van der Waals surface area contributed by atoms with E-state index in [4.69, 9.17) is 5.11 Å². The molecule has 122 valence electrons. The molecule has 0 saturated heterocycles. The van der Waals surface area contributed by atoms with Gasteiger partial charge in [-0.05, 0) is 25.8 Å². The molecule has 1 heterocycles. The van der Waals surface area contributed by atoms with Crippen LogP contribution in [0.2, 0.25) is 0 Å². The number of hydrogen-bond acceptors (Lipinski definition) is 4. The number of carboxylic acid groups (broad SMARTS) is 1. The maximum atomic E-state index is 12.1. The first kappa shape index (κ1) is 18.2. The lowest BCUT2D eigenvalue weighted by Crippen LogP contribution is -2.25. The molecule has 0 saturated carbocycles. The fraction of sp³-hybridized carbons (Fsp3) is 0.533. The van der Waals surface area contributed by atoms with Crippen LogP contribution in [0.1, 0.15) is 54.3 Å². The molecule has 6 nitrogen and oxygen atoms in total. The van der Waals surface area contributed by atoms with Gasteiger partial charge in [0.25, 0.3) is 5.91 Å². The molecule has 1 rings (SSSR count). The minimum Gasteiger partial charge on any atom is -0.481 e. The van der Waals surface area contributed by atoms with Crippen molar-refractivity contribution in [3.8, 4) is 0 Å². The Kier molecular flexibility index (Phi) is 7.59. The van der Waals surface area contributed by atoms with Crippen molar-refractivity contribution in [3.63, 3.8) is 0 Å². The zero-order valence-electron chi connectivity index (χ0n) is 12.9. The molecule has 0 aliphatic heterocycles. The number of carboxylic acids is 1. The Morgan fingerprint density at radius 2 is 1.95 bits per heavy atom. The molecule has 22 heavy (non-hydrogen) atoms. The molecular weight excluding hydrogens is 304 g/mol. The van der Waals surface area contributed by atoms with Crippen LogP contribution < -0.4 is 10.6 Å². The largest absolute Gasteiger partial charge is 0.481 e. The summed E-state index contributed by atoms with van der Waals surface area (Å²) < 4.78 is 0. The van der Waals surface area contributed by atoms with Crippen LogP contribution in [-0.2, 0) is 9.59 Å². The summed E-state index contributed by atoms with van der Waals surface area (Å²) in [7, 11) is 0. The topological polar surface area (TPSA) is 95.5 Å². The molecule has 0 spiro atoms. The van der Waals surface area contributed by atoms with Crippen molar-refractivity contribution >= 4 is 34.1 Å². The first-order valence-electron chi connectivity index (χ1n) is 7.34. The fourth-order valence-electron chi connectivity index (χ4n) is 1.87. The summed E-state index contributed by atoms with van der Waals surface area (Å²) in [6, 6.07) is 1.76. The van der Waals surface area contributed by atoms with Crippen LogP contribution >= 0.6 is 11.3 Å². The van der Waals surface area contributed by atoms with Gasteiger partial charge in [0.1, 0.15) is 5.00 Å². The van der Waals surface area contributed by atoms with E-state index < -0.39 is 5.97 Å². The van der Waals surface area contributed by atoms with Gasteiger partial charge < -0.3 is 15.7 Å². The van der Waals surface area contributed by atoms with Crippen molar-refractivity contribution in [3.05, 3.63) is 16.5 Å². The van der Waals surface area contributed by atoms with E-state index in [-0.39, 0.29) is 18.2 Å². The third kappa shape index (κ3) is 6.26. The van der Waals surface area contributed by atoms with Crippen LogP contribution in [-0.4, -0.2) is 29.4 Å². The average Bonchev–Trinajstić information content (AvgIpc) is 2.82. The molecule has 0 unspecified atom stereocenters. The van der Waals surface area contributed by atoms with Gasteiger partial charge in [-0.3, -0.25) is 14.4 Å². The molecule has 1 aromatic rings. The van der Waals surface area contributed by atoms with Gasteiger partial charge >= 0.3 is 5.97 Å². The minimum absolute atomic E-state index is 0.121. The monoisotopic (exact) mass is 326 g/mol. The van der Waals surface area contributed by atoms with Crippen LogP contribution in [0.15, 0.2) is 6.07 Å². The normalized spacial score (nSPS) is 10.3. The van der Waals surface area contributed by atoms with Crippen molar-refractivity contribution < 1.29 is 19.5 Å².